The summed E-state index contributed by atoms with van der Waals surface area (Å²) >= 11 is 0. The standard InChI is InChI=1S/C24H28N2O3/c1-16-7-11-18(12-8-16)25-23(27)22-20-5-3-4-6-21(20)24(28)26(22)15-17-9-13-19(29-2)14-10-17/h3-6,9-10,13-14,16,18,22H,7-8,11-12,15H2,1-2H3,(H,25,27)/t16?,18?,22-/m0/s1. The van der Waals surface area contributed by atoms with Crippen LogP contribution in [0.15, 0.2) is 48.5 Å². The van der Waals surface area contributed by atoms with Crippen LogP contribution < -0.4 is 10.1 Å². The molecule has 4 rings (SSSR count). The van der Waals surface area contributed by atoms with Gasteiger partial charge >= 0.3 is 0 Å². The average molecular weight is 392 g/mol. The fourth-order valence-electron chi connectivity index (χ4n) is 4.43. The van der Waals surface area contributed by atoms with Crippen molar-refractivity contribution in [3.8, 4) is 5.75 Å². The molecular formula is C24H28N2O3. The van der Waals surface area contributed by atoms with Crippen LogP contribution >= 0.6 is 0 Å². The first-order valence-electron chi connectivity index (χ1n) is 10.4. The summed E-state index contributed by atoms with van der Waals surface area (Å²) < 4.78 is 5.22. The number of rotatable bonds is 5. The Labute approximate surface area is 172 Å². The van der Waals surface area contributed by atoms with Crippen LogP contribution in [-0.2, 0) is 11.3 Å². The minimum atomic E-state index is -0.583. The topological polar surface area (TPSA) is 58.6 Å². The van der Waals surface area contributed by atoms with E-state index in [0.717, 1.165) is 48.5 Å². The lowest BCUT2D eigenvalue weighted by Gasteiger charge is -2.30. The van der Waals surface area contributed by atoms with Crippen LogP contribution in [0.5, 0.6) is 5.75 Å². The monoisotopic (exact) mass is 392 g/mol. The van der Waals surface area contributed by atoms with E-state index in [1.807, 2.05) is 48.5 Å². The van der Waals surface area contributed by atoms with E-state index in [9.17, 15) is 9.59 Å². The molecule has 1 heterocycles. The van der Waals surface area contributed by atoms with Crippen LogP contribution in [0.3, 0.4) is 0 Å². The van der Waals surface area contributed by atoms with Crippen LogP contribution in [0, 0.1) is 5.92 Å². The Morgan fingerprint density at radius 1 is 1.07 bits per heavy atom. The van der Waals surface area contributed by atoms with Crippen LogP contribution in [0.2, 0.25) is 0 Å². The number of nitrogens with one attached hydrogen (secondary N) is 1. The quantitative estimate of drug-likeness (QED) is 0.834. The maximum Gasteiger partial charge on any atom is 0.255 e. The predicted octanol–water partition coefficient (Wildman–Crippen LogP) is 4.09. The van der Waals surface area contributed by atoms with Gasteiger partial charge in [0.2, 0.25) is 5.91 Å². The molecular weight excluding hydrogens is 364 g/mol. The summed E-state index contributed by atoms with van der Waals surface area (Å²) in [5, 5.41) is 3.22. The van der Waals surface area contributed by atoms with Crippen molar-refractivity contribution < 1.29 is 14.3 Å². The zero-order chi connectivity index (χ0) is 20.4. The van der Waals surface area contributed by atoms with E-state index in [1.165, 1.54) is 0 Å². The molecule has 0 bridgehead atoms. The van der Waals surface area contributed by atoms with Gasteiger partial charge in [0.1, 0.15) is 11.8 Å². The molecule has 1 saturated carbocycles. The Balaban J connectivity index is 1.56. The van der Waals surface area contributed by atoms with Crippen molar-refractivity contribution in [3.63, 3.8) is 0 Å². The van der Waals surface area contributed by atoms with Gasteiger partial charge in [0.25, 0.3) is 5.91 Å². The smallest absolute Gasteiger partial charge is 0.255 e. The first kappa shape index (κ1) is 19.5. The lowest BCUT2D eigenvalue weighted by Crippen LogP contribution is -2.44. The second-order valence-corrected chi connectivity index (χ2v) is 8.24. The number of fused-ring (bicyclic) bond motifs is 1. The largest absolute Gasteiger partial charge is 0.497 e. The lowest BCUT2D eigenvalue weighted by molar-refractivity contribution is -0.126. The molecule has 0 radical (unpaired) electrons. The molecule has 0 aromatic heterocycles. The molecule has 0 saturated heterocycles. The average Bonchev–Trinajstić information content (AvgIpc) is 3.02. The Bertz CT molecular complexity index is 885. The van der Waals surface area contributed by atoms with E-state index in [-0.39, 0.29) is 17.9 Å². The maximum absolute atomic E-state index is 13.3. The second-order valence-electron chi connectivity index (χ2n) is 8.24. The number of carbonyl (C=O) groups is 2. The van der Waals surface area contributed by atoms with E-state index < -0.39 is 6.04 Å². The van der Waals surface area contributed by atoms with Crippen molar-refractivity contribution in [1.82, 2.24) is 10.2 Å². The highest BCUT2D eigenvalue weighted by molar-refractivity contribution is 6.04. The van der Waals surface area contributed by atoms with Gasteiger partial charge in [0, 0.05) is 18.2 Å². The Hall–Kier alpha value is -2.82. The summed E-state index contributed by atoms with van der Waals surface area (Å²) in [5.74, 6) is 1.33. The van der Waals surface area contributed by atoms with Crippen molar-refractivity contribution in [3.05, 3.63) is 65.2 Å². The van der Waals surface area contributed by atoms with Gasteiger partial charge in [-0.15, -0.1) is 0 Å². The summed E-state index contributed by atoms with van der Waals surface area (Å²) in [6, 6.07) is 14.7. The third-order valence-corrected chi connectivity index (χ3v) is 6.18. The van der Waals surface area contributed by atoms with Gasteiger partial charge in [0.05, 0.1) is 7.11 Å². The molecule has 5 nitrogen and oxygen atoms in total. The fraction of sp³-hybridized carbons (Fsp3) is 0.417. The highest BCUT2D eigenvalue weighted by Crippen LogP contribution is 2.35. The SMILES string of the molecule is COc1ccc(CN2C(=O)c3ccccc3[C@H]2C(=O)NC2CCC(C)CC2)cc1. The zero-order valence-electron chi connectivity index (χ0n) is 17.1. The summed E-state index contributed by atoms with van der Waals surface area (Å²) in [5.41, 5.74) is 2.39. The van der Waals surface area contributed by atoms with Crippen LogP contribution in [0.1, 0.15) is 60.1 Å². The second kappa shape index (κ2) is 8.27. The van der Waals surface area contributed by atoms with Gasteiger partial charge in [-0.1, -0.05) is 37.3 Å². The van der Waals surface area contributed by atoms with Crippen LogP contribution in [0.25, 0.3) is 0 Å². The van der Waals surface area contributed by atoms with Crippen molar-refractivity contribution >= 4 is 11.8 Å². The number of carbonyl (C=O) groups excluding carboxylic acids is 2. The van der Waals surface area contributed by atoms with E-state index in [0.29, 0.717) is 12.1 Å². The number of amides is 2. The van der Waals surface area contributed by atoms with Crippen molar-refractivity contribution in [2.75, 3.05) is 7.11 Å². The molecule has 1 aliphatic carbocycles. The molecule has 29 heavy (non-hydrogen) atoms. The summed E-state index contributed by atoms with van der Waals surface area (Å²) in [4.78, 5) is 28.1. The molecule has 2 amide bonds. The molecule has 152 valence electrons. The minimum Gasteiger partial charge on any atom is -0.497 e. The molecule has 0 unspecified atom stereocenters. The number of methoxy groups -OCH3 is 1. The predicted molar refractivity (Wildman–Crippen MR) is 112 cm³/mol. The minimum absolute atomic E-state index is 0.0728. The highest BCUT2D eigenvalue weighted by atomic mass is 16.5. The molecule has 2 aromatic carbocycles. The number of ether oxygens (including phenoxy) is 1. The van der Waals surface area contributed by atoms with Crippen molar-refractivity contribution in [2.24, 2.45) is 5.92 Å². The van der Waals surface area contributed by atoms with Gasteiger partial charge in [-0.05, 0) is 60.9 Å². The third-order valence-electron chi connectivity index (χ3n) is 6.18. The normalized spacial score (nSPS) is 23.6. The van der Waals surface area contributed by atoms with Gasteiger partial charge in [0.15, 0.2) is 0 Å². The van der Waals surface area contributed by atoms with Gasteiger partial charge < -0.3 is 15.0 Å². The third kappa shape index (κ3) is 4.00. The van der Waals surface area contributed by atoms with E-state index in [4.69, 9.17) is 4.74 Å². The fourth-order valence-corrected chi connectivity index (χ4v) is 4.43. The molecule has 1 fully saturated rings. The van der Waals surface area contributed by atoms with Crippen LogP contribution in [0.4, 0.5) is 0 Å². The molecule has 1 N–H and O–H groups in total. The Kier molecular flexibility index (Phi) is 5.56. The molecule has 1 aliphatic heterocycles. The Morgan fingerprint density at radius 3 is 2.45 bits per heavy atom. The highest BCUT2D eigenvalue weighted by Gasteiger charge is 2.41. The van der Waals surface area contributed by atoms with Gasteiger partial charge in [-0.3, -0.25) is 9.59 Å². The van der Waals surface area contributed by atoms with Gasteiger partial charge in [-0.2, -0.15) is 0 Å². The molecule has 2 aliphatic rings. The van der Waals surface area contributed by atoms with Gasteiger partial charge in [-0.25, -0.2) is 0 Å². The summed E-state index contributed by atoms with van der Waals surface area (Å²) in [7, 11) is 1.63. The summed E-state index contributed by atoms with van der Waals surface area (Å²) in [6.07, 6.45) is 4.29. The maximum atomic E-state index is 13.3. The molecule has 1 atom stereocenters. The van der Waals surface area contributed by atoms with E-state index >= 15 is 0 Å². The zero-order valence-corrected chi connectivity index (χ0v) is 17.1. The number of benzene rings is 2. The van der Waals surface area contributed by atoms with E-state index in [2.05, 4.69) is 12.2 Å². The molecule has 0 spiro atoms. The van der Waals surface area contributed by atoms with Crippen molar-refractivity contribution in [1.29, 1.82) is 0 Å². The Morgan fingerprint density at radius 2 is 1.76 bits per heavy atom. The molecule has 5 heteroatoms. The number of nitrogens with zero attached hydrogens (tertiary/aromatic N) is 1. The lowest BCUT2D eigenvalue weighted by atomic mass is 9.87. The van der Waals surface area contributed by atoms with E-state index in [1.54, 1.807) is 12.0 Å². The van der Waals surface area contributed by atoms with Crippen molar-refractivity contribution in [2.45, 2.75) is 51.2 Å². The first-order valence-corrected chi connectivity index (χ1v) is 10.4. The number of hydrogen-bond acceptors (Lipinski definition) is 3. The van der Waals surface area contributed by atoms with Crippen LogP contribution in [-0.4, -0.2) is 29.9 Å². The molecule has 2 aromatic rings. The summed E-state index contributed by atoms with van der Waals surface area (Å²) in [6.45, 7) is 2.65. The number of hydrogen-bond donors (Lipinski definition) is 1. The first-order chi connectivity index (χ1) is 14.1.